The maximum atomic E-state index is 14.0. The number of amides is 1. The summed E-state index contributed by atoms with van der Waals surface area (Å²) in [5.41, 5.74) is 3.22. The highest BCUT2D eigenvalue weighted by atomic mass is 19.3. The van der Waals surface area contributed by atoms with Gasteiger partial charge in [-0.15, -0.1) is 0 Å². The van der Waals surface area contributed by atoms with Gasteiger partial charge >= 0.3 is 0 Å². The fourth-order valence-electron chi connectivity index (χ4n) is 5.36. The van der Waals surface area contributed by atoms with Gasteiger partial charge in [-0.2, -0.15) is 0 Å². The highest BCUT2D eigenvalue weighted by Crippen LogP contribution is 2.51. The summed E-state index contributed by atoms with van der Waals surface area (Å²) in [6.07, 6.45) is 7.69. The molecule has 8 nitrogen and oxygen atoms in total. The summed E-state index contributed by atoms with van der Waals surface area (Å²) >= 11 is 0. The number of nitrogens with zero attached hydrogens (tertiary/aromatic N) is 4. The number of hydrogen-bond acceptors (Lipinski definition) is 5. The molecule has 2 fully saturated rings. The van der Waals surface area contributed by atoms with Crippen LogP contribution in [0.1, 0.15) is 54.9 Å². The van der Waals surface area contributed by atoms with E-state index in [9.17, 15) is 13.6 Å². The molecule has 0 radical (unpaired) electrons. The van der Waals surface area contributed by atoms with Crippen LogP contribution in [-0.2, 0) is 13.6 Å². The topological polar surface area (TPSA) is 85.5 Å². The van der Waals surface area contributed by atoms with Crippen LogP contribution in [0.4, 0.5) is 14.6 Å². The summed E-state index contributed by atoms with van der Waals surface area (Å²) in [6, 6.07) is 5.47. The van der Waals surface area contributed by atoms with Gasteiger partial charge in [0.1, 0.15) is 17.1 Å². The fraction of sp³-hybridized carbons (Fsp3) is 0.483. The summed E-state index contributed by atoms with van der Waals surface area (Å²) in [4.78, 5) is 22.2. The Morgan fingerprint density at radius 1 is 1.38 bits per heavy atom. The normalized spacial score (nSPS) is 20.4. The molecule has 10 heteroatoms. The van der Waals surface area contributed by atoms with Crippen LogP contribution >= 0.6 is 0 Å². The molecule has 2 unspecified atom stereocenters. The summed E-state index contributed by atoms with van der Waals surface area (Å²) in [5, 5.41) is 6.41. The molecular formula is C29H36F2N6O2. The van der Waals surface area contributed by atoms with Crippen LogP contribution < -0.4 is 15.4 Å². The van der Waals surface area contributed by atoms with E-state index >= 15 is 0 Å². The van der Waals surface area contributed by atoms with Gasteiger partial charge in [0, 0.05) is 49.6 Å². The lowest BCUT2D eigenvalue weighted by molar-refractivity contribution is 0.0928. The number of imidazole rings is 1. The first-order valence-electron chi connectivity index (χ1n) is 13.6. The first kappa shape index (κ1) is 27.1. The van der Waals surface area contributed by atoms with Crippen LogP contribution in [0.25, 0.3) is 28.6 Å². The second-order valence-corrected chi connectivity index (χ2v) is 10.5. The third-order valence-electron chi connectivity index (χ3n) is 7.64. The van der Waals surface area contributed by atoms with Crippen LogP contribution in [0.15, 0.2) is 29.3 Å². The van der Waals surface area contributed by atoms with E-state index in [0.29, 0.717) is 39.7 Å². The average molecular weight is 539 g/mol. The van der Waals surface area contributed by atoms with Crippen molar-refractivity contribution in [2.45, 2.75) is 57.5 Å². The summed E-state index contributed by atoms with van der Waals surface area (Å²) in [6.45, 7) is 7.64. The number of rotatable bonds is 10. The zero-order valence-electron chi connectivity index (χ0n) is 22.8. The number of benzene rings is 1. The quantitative estimate of drug-likeness (QED) is 0.342. The number of alkyl halides is 2. The molecule has 2 N–H and O–H groups in total. The molecule has 1 saturated carbocycles. The molecule has 3 heterocycles. The maximum absolute atomic E-state index is 14.0. The van der Waals surface area contributed by atoms with Gasteiger partial charge in [-0.05, 0) is 50.7 Å². The number of fused-ring (bicyclic) bond motifs is 1. The Kier molecular flexibility index (Phi) is 7.57. The zero-order valence-corrected chi connectivity index (χ0v) is 22.8. The van der Waals surface area contributed by atoms with E-state index in [1.165, 1.54) is 0 Å². The minimum atomic E-state index is -2.68. The summed E-state index contributed by atoms with van der Waals surface area (Å²) in [5.74, 6) is -1.99. The Balaban J connectivity index is 1.58. The number of ether oxygens (including phenoxy) is 1. The number of carbonyl (C=O) groups excluding carboxylic acids is 1. The van der Waals surface area contributed by atoms with Crippen LogP contribution in [0.5, 0.6) is 5.75 Å². The number of methoxy groups -OCH3 is 1. The molecule has 1 aliphatic carbocycles. The number of carbonyl (C=O) groups is 1. The van der Waals surface area contributed by atoms with Crippen molar-refractivity contribution in [3.8, 4) is 17.3 Å². The average Bonchev–Trinajstić information content (AvgIpc) is 3.22. The molecule has 0 bridgehead atoms. The number of piperidine rings is 1. The first-order chi connectivity index (χ1) is 18.8. The van der Waals surface area contributed by atoms with Gasteiger partial charge in [-0.3, -0.25) is 4.79 Å². The van der Waals surface area contributed by atoms with Crippen molar-refractivity contribution in [1.82, 2.24) is 24.8 Å². The minimum absolute atomic E-state index is 0.0695. The second-order valence-electron chi connectivity index (χ2n) is 10.5. The van der Waals surface area contributed by atoms with Crippen LogP contribution in [-0.4, -0.2) is 58.9 Å². The van der Waals surface area contributed by atoms with E-state index in [2.05, 4.69) is 35.3 Å². The van der Waals surface area contributed by atoms with Crippen molar-refractivity contribution in [2.24, 2.45) is 18.0 Å². The van der Waals surface area contributed by atoms with Gasteiger partial charge in [0.15, 0.2) is 5.82 Å². The van der Waals surface area contributed by atoms with Crippen molar-refractivity contribution in [3.63, 3.8) is 0 Å². The van der Waals surface area contributed by atoms with Crippen molar-refractivity contribution in [3.05, 3.63) is 35.4 Å². The van der Waals surface area contributed by atoms with Gasteiger partial charge in [-0.25, -0.2) is 18.8 Å². The number of aryl methyl sites for hydroxylation is 1. The highest BCUT2D eigenvalue weighted by Gasteiger charge is 2.57. The van der Waals surface area contributed by atoms with Gasteiger partial charge in [0.05, 0.1) is 18.3 Å². The molecule has 1 aliphatic heterocycles. The van der Waals surface area contributed by atoms with E-state index in [1.807, 2.05) is 23.8 Å². The maximum Gasteiger partial charge on any atom is 0.253 e. The molecular weight excluding hydrogens is 502 g/mol. The standard InChI is InChI=1S/C29H36F2N6O2/c1-5-6-7-9-18-13-23(37(26(18)32-2)17-20-15-29(20,30)31)27-35-22-12-19(14-24(39-4)25(22)36(27)3)28(38)34-21-10-8-11-33-16-21/h7,9,12-14,20-21,33H,2,5-6,8,10-11,15-17H2,1,3-4H3,(H,34,38)/b9-7-. The Morgan fingerprint density at radius 3 is 2.82 bits per heavy atom. The molecule has 5 rings (SSSR count). The van der Waals surface area contributed by atoms with Crippen molar-refractivity contribution < 1.29 is 18.3 Å². The number of halogens is 2. The SMILES string of the molecule is C=Nc1c(/C=C\CCC)cc(-c2nc3cc(C(=O)NC4CCCNC4)cc(OC)c3n2C)n1CC1CC1(F)F. The molecule has 1 aromatic carbocycles. The second kappa shape index (κ2) is 10.9. The summed E-state index contributed by atoms with van der Waals surface area (Å²) in [7, 11) is 3.42. The highest BCUT2D eigenvalue weighted by molar-refractivity contribution is 6.00. The van der Waals surface area contributed by atoms with Gasteiger partial charge in [-0.1, -0.05) is 25.5 Å². The molecule has 2 atom stereocenters. The lowest BCUT2D eigenvalue weighted by atomic mass is 10.1. The third kappa shape index (κ3) is 5.34. The Bertz CT molecular complexity index is 1420. The van der Waals surface area contributed by atoms with Crippen LogP contribution in [0, 0.1) is 5.92 Å². The number of aromatic nitrogens is 3. The third-order valence-corrected chi connectivity index (χ3v) is 7.64. The van der Waals surface area contributed by atoms with Crippen LogP contribution in [0.2, 0.25) is 0 Å². The van der Waals surface area contributed by atoms with Crippen molar-refractivity contribution in [2.75, 3.05) is 20.2 Å². The number of aliphatic imine (C=N–C) groups is 1. The van der Waals surface area contributed by atoms with Gasteiger partial charge in [0.2, 0.25) is 0 Å². The largest absolute Gasteiger partial charge is 0.494 e. The monoisotopic (exact) mass is 538 g/mol. The van der Waals surface area contributed by atoms with Gasteiger partial charge in [0.25, 0.3) is 11.8 Å². The lowest BCUT2D eigenvalue weighted by Gasteiger charge is -2.23. The van der Waals surface area contributed by atoms with Crippen LogP contribution in [0.3, 0.4) is 0 Å². The zero-order chi connectivity index (χ0) is 27.7. The summed E-state index contributed by atoms with van der Waals surface area (Å²) < 4.78 is 37.3. The fourth-order valence-corrected chi connectivity index (χ4v) is 5.36. The van der Waals surface area contributed by atoms with E-state index in [1.54, 1.807) is 23.8 Å². The lowest BCUT2D eigenvalue weighted by Crippen LogP contribution is -2.45. The number of hydrogen-bond donors (Lipinski definition) is 2. The predicted molar refractivity (Wildman–Crippen MR) is 150 cm³/mol. The number of allylic oxidation sites excluding steroid dienone is 1. The van der Waals surface area contributed by atoms with Gasteiger partial charge < -0.3 is 24.5 Å². The van der Waals surface area contributed by atoms with E-state index < -0.39 is 11.8 Å². The van der Waals surface area contributed by atoms with Crippen molar-refractivity contribution in [1.29, 1.82) is 0 Å². The molecule has 208 valence electrons. The number of unbranched alkanes of at least 4 members (excludes halogenated alkanes) is 1. The molecule has 1 saturated heterocycles. The minimum Gasteiger partial charge on any atom is -0.494 e. The van der Waals surface area contributed by atoms with E-state index in [4.69, 9.17) is 9.72 Å². The Labute approximate surface area is 227 Å². The number of nitrogens with one attached hydrogen (secondary N) is 2. The molecule has 3 aromatic rings. The Morgan fingerprint density at radius 2 is 2.18 bits per heavy atom. The predicted octanol–water partition coefficient (Wildman–Crippen LogP) is 5.33. The molecule has 2 aromatic heterocycles. The molecule has 2 aliphatic rings. The first-order valence-corrected chi connectivity index (χ1v) is 13.6. The molecule has 39 heavy (non-hydrogen) atoms. The molecule has 0 spiro atoms. The van der Waals surface area contributed by atoms with Crippen molar-refractivity contribution >= 4 is 35.6 Å². The smallest absolute Gasteiger partial charge is 0.253 e. The molecule has 1 amide bonds. The van der Waals surface area contributed by atoms with E-state index in [0.717, 1.165) is 44.3 Å². The van der Waals surface area contributed by atoms with E-state index in [-0.39, 0.29) is 24.9 Å². The Hall–Kier alpha value is -3.53.